The second kappa shape index (κ2) is 10.4. The van der Waals surface area contributed by atoms with E-state index in [9.17, 15) is 14.0 Å². The Labute approximate surface area is 202 Å². The molecule has 0 radical (unpaired) electrons. The lowest BCUT2D eigenvalue weighted by Gasteiger charge is -2.24. The quantitative estimate of drug-likeness (QED) is 0.487. The maximum atomic E-state index is 13.5. The van der Waals surface area contributed by atoms with Gasteiger partial charge in [-0.3, -0.25) is 14.5 Å². The van der Waals surface area contributed by atoms with Gasteiger partial charge in [0, 0.05) is 12.2 Å². The Morgan fingerprint density at radius 2 is 1.71 bits per heavy atom. The first kappa shape index (κ1) is 23.4. The first-order valence-electron chi connectivity index (χ1n) is 10.8. The predicted octanol–water partition coefficient (Wildman–Crippen LogP) is 4.41. The molecule has 6 nitrogen and oxygen atoms in total. The maximum Gasteiger partial charge on any atom is 0.256 e. The fraction of sp³-hybridized carbons (Fsp3) is 0.192. The molecule has 1 aliphatic heterocycles. The fourth-order valence-electron chi connectivity index (χ4n) is 3.87. The summed E-state index contributed by atoms with van der Waals surface area (Å²) in [7, 11) is 1.57. The maximum absolute atomic E-state index is 13.5. The summed E-state index contributed by atoms with van der Waals surface area (Å²) in [4.78, 5) is 29.5. The van der Waals surface area contributed by atoms with Gasteiger partial charge in [-0.05, 0) is 72.7 Å². The Morgan fingerprint density at radius 1 is 1.03 bits per heavy atom. The zero-order valence-corrected chi connectivity index (χ0v) is 19.4. The molecule has 0 bridgehead atoms. The monoisotopic (exact) mass is 477 g/mol. The van der Waals surface area contributed by atoms with Crippen molar-refractivity contribution in [2.75, 3.05) is 23.9 Å². The van der Waals surface area contributed by atoms with E-state index in [-0.39, 0.29) is 18.2 Å². The van der Waals surface area contributed by atoms with Gasteiger partial charge >= 0.3 is 0 Å². The van der Waals surface area contributed by atoms with Crippen molar-refractivity contribution < 1.29 is 18.7 Å². The van der Waals surface area contributed by atoms with Gasteiger partial charge in [0.05, 0.1) is 19.2 Å². The van der Waals surface area contributed by atoms with Crippen molar-refractivity contribution in [3.8, 4) is 5.75 Å². The van der Waals surface area contributed by atoms with E-state index < -0.39 is 11.9 Å². The zero-order valence-electron chi connectivity index (χ0n) is 18.6. The average molecular weight is 478 g/mol. The van der Waals surface area contributed by atoms with Gasteiger partial charge in [0.1, 0.15) is 17.6 Å². The van der Waals surface area contributed by atoms with Crippen LogP contribution in [-0.2, 0) is 16.0 Å². The highest BCUT2D eigenvalue weighted by atomic mass is 32.1. The van der Waals surface area contributed by atoms with Crippen LogP contribution < -0.4 is 15.0 Å². The molecule has 1 heterocycles. The van der Waals surface area contributed by atoms with Crippen molar-refractivity contribution in [3.05, 3.63) is 90.2 Å². The van der Waals surface area contributed by atoms with Crippen molar-refractivity contribution in [1.29, 1.82) is 0 Å². The summed E-state index contributed by atoms with van der Waals surface area (Å²) in [6.45, 7) is 0.482. The number of rotatable bonds is 8. The van der Waals surface area contributed by atoms with Crippen molar-refractivity contribution in [2.45, 2.75) is 18.9 Å². The second-order valence-electron chi connectivity index (χ2n) is 7.86. The Kier molecular flexibility index (Phi) is 7.18. The lowest BCUT2D eigenvalue weighted by molar-refractivity contribution is -0.124. The molecule has 174 valence electrons. The van der Waals surface area contributed by atoms with Crippen LogP contribution in [0.2, 0.25) is 0 Å². The van der Waals surface area contributed by atoms with E-state index >= 15 is 0 Å². The molecule has 0 spiro atoms. The van der Waals surface area contributed by atoms with Gasteiger partial charge < -0.3 is 15.0 Å². The summed E-state index contributed by atoms with van der Waals surface area (Å²) in [5.74, 6) is -0.347. The number of benzene rings is 3. The van der Waals surface area contributed by atoms with Crippen LogP contribution in [0.25, 0.3) is 0 Å². The number of nitrogens with zero attached hydrogens (tertiary/aromatic N) is 2. The van der Waals surface area contributed by atoms with Gasteiger partial charge in [0.25, 0.3) is 5.91 Å². The topological polar surface area (TPSA) is 61.9 Å². The molecule has 1 N–H and O–H groups in total. The van der Waals surface area contributed by atoms with E-state index in [1.54, 1.807) is 36.3 Å². The highest BCUT2D eigenvalue weighted by Crippen LogP contribution is 2.29. The molecule has 1 unspecified atom stereocenters. The molecule has 34 heavy (non-hydrogen) atoms. The van der Waals surface area contributed by atoms with Gasteiger partial charge in [0.15, 0.2) is 5.11 Å². The third kappa shape index (κ3) is 5.23. The molecule has 2 amide bonds. The van der Waals surface area contributed by atoms with Gasteiger partial charge in [-0.1, -0.05) is 30.3 Å². The largest absolute Gasteiger partial charge is 0.497 e. The van der Waals surface area contributed by atoms with Crippen LogP contribution in [0.5, 0.6) is 5.75 Å². The Bertz CT molecular complexity index is 1170. The molecular formula is C26H24FN3O3S. The number of ether oxygens (including phenoxy) is 1. The highest BCUT2D eigenvalue weighted by Gasteiger charge is 2.43. The van der Waals surface area contributed by atoms with Gasteiger partial charge in [-0.25, -0.2) is 4.39 Å². The van der Waals surface area contributed by atoms with Gasteiger partial charge in [0.2, 0.25) is 5.91 Å². The molecule has 1 atom stereocenters. The third-order valence-electron chi connectivity index (χ3n) is 5.64. The zero-order chi connectivity index (χ0) is 24.1. The minimum absolute atomic E-state index is 0.0855. The minimum atomic E-state index is -0.751. The lowest BCUT2D eigenvalue weighted by atomic mass is 10.1. The van der Waals surface area contributed by atoms with E-state index in [1.165, 1.54) is 29.2 Å². The summed E-state index contributed by atoms with van der Waals surface area (Å²) in [5, 5.41) is 3.09. The molecular weight excluding hydrogens is 453 g/mol. The van der Waals surface area contributed by atoms with Crippen LogP contribution in [0.4, 0.5) is 15.8 Å². The number of hydrogen-bond donors (Lipinski definition) is 1. The lowest BCUT2D eigenvalue weighted by Crippen LogP contribution is -2.39. The van der Waals surface area contributed by atoms with Crippen molar-refractivity contribution in [1.82, 2.24) is 4.90 Å². The molecule has 0 aliphatic carbocycles. The van der Waals surface area contributed by atoms with Crippen LogP contribution in [0.1, 0.15) is 12.0 Å². The van der Waals surface area contributed by atoms with E-state index in [0.29, 0.717) is 35.2 Å². The van der Waals surface area contributed by atoms with Crippen molar-refractivity contribution in [2.24, 2.45) is 0 Å². The number of methoxy groups -OCH3 is 1. The molecule has 1 aliphatic rings. The predicted molar refractivity (Wildman–Crippen MR) is 133 cm³/mol. The molecule has 3 aromatic rings. The number of halogens is 1. The smallest absolute Gasteiger partial charge is 0.256 e. The molecule has 1 fully saturated rings. The first-order valence-corrected chi connectivity index (χ1v) is 11.2. The van der Waals surface area contributed by atoms with Crippen molar-refractivity contribution in [3.63, 3.8) is 0 Å². The van der Waals surface area contributed by atoms with Crippen molar-refractivity contribution >= 4 is 40.5 Å². The fourth-order valence-corrected chi connectivity index (χ4v) is 4.29. The number of thiocarbonyl (C=S) groups is 1. The van der Waals surface area contributed by atoms with Crippen LogP contribution >= 0.6 is 12.2 Å². The molecule has 3 aromatic carbocycles. The number of carbonyl (C=O) groups is 2. The summed E-state index contributed by atoms with van der Waals surface area (Å²) >= 11 is 5.70. The molecule has 8 heteroatoms. The SMILES string of the molecule is COc1ccc(N2C(=O)C(CC(=O)Nc3ccc(F)cc3)N(CCc3ccccc3)C2=S)cc1. The molecule has 4 rings (SSSR count). The number of nitrogens with one attached hydrogen (secondary N) is 1. The summed E-state index contributed by atoms with van der Waals surface area (Å²) < 4.78 is 18.4. The van der Waals surface area contributed by atoms with Gasteiger partial charge in [-0.2, -0.15) is 0 Å². The summed E-state index contributed by atoms with van der Waals surface area (Å²) in [6.07, 6.45) is 0.582. The van der Waals surface area contributed by atoms with E-state index in [2.05, 4.69) is 5.32 Å². The normalized spacial score (nSPS) is 15.5. The third-order valence-corrected chi connectivity index (χ3v) is 6.06. The van der Waals surface area contributed by atoms with E-state index in [0.717, 1.165) is 5.56 Å². The van der Waals surface area contributed by atoms with Crippen LogP contribution in [0.3, 0.4) is 0 Å². The standard InChI is InChI=1S/C26H24FN3O3S/c1-33-22-13-11-21(12-14-22)30-25(32)23(17-24(31)28-20-9-7-19(27)8-10-20)29(26(30)34)16-15-18-5-3-2-4-6-18/h2-14,23H,15-17H2,1H3,(H,28,31). The summed E-state index contributed by atoms with van der Waals surface area (Å²) in [6, 6.07) is 21.7. The summed E-state index contributed by atoms with van der Waals surface area (Å²) in [5.41, 5.74) is 2.18. The Morgan fingerprint density at radius 3 is 2.35 bits per heavy atom. The Hall–Kier alpha value is -3.78. The Balaban J connectivity index is 1.55. The average Bonchev–Trinajstić information content (AvgIpc) is 3.08. The molecule has 0 aromatic heterocycles. The van der Waals surface area contributed by atoms with Crippen LogP contribution in [-0.4, -0.2) is 41.5 Å². The number of hydrogen-bond acceptors (Lipinski definition) is 4. The highest BCUT2D eigenvalue weighted by molar-refractivity contribution is 7.80. The first-order chi connectivity index (χ1) is 16.5. The molecule has 0 saturated carbocycles. The van der Waals surface area contributed by atoms with E-state index in [4.69, 9.17) is 17.0 Å². The van der Waals surface area contributed by atoms with Gasteiger partial charge in [-0.15, -0.1) is 0 Å². The van der Waals surface area contributed by atoms with Crippen LogP contribution in [0, 0.1) is 5.82 Å². The number of anilines is 2. The molecule has 1 saturated heterocycles. The van der Waals surface area contributed by atoms with E-state index in [1.807, 2.05) is 30.3 Å². The minimum Gasteiger partial charge on any atom is -0.497 e. The number of carbonyl (C=O) groups excluding carboxylic acids is 2. The second-order valence-corrected chi connectivity index (χ2v) is 8.22. The number of amides is 2. The van der Waals surface area contributed by atoms with Crippen LogP contribution in [0.15, 0.2) is 78.9 Å².